The first-order valence-corrected chi connectivity index (χ1v) is 13.9. The molecule has 0 spiro atoms. The van der Waals surface area contributed by atoms with Crippen molar-refractivity contribution >= 4 is 38.7 Å². The highest BCUT2D eigenvalue weighted by Crippen LogP contribution is 2.50. The summed E-state index contributed by atoms with van der Waals surface area (Å²) in [5, 5.41) is 0.575. The van der Waals surface area contributed by atoms with Crippen molar-refractivity contribution in [1.82, 2.24) is 4.98 Å². The Kier molecular flexibility index (Phi) is 7.39. The number of hydrogen-bond donors (Lipinski definition) is 0. The summed E-state index contributed by atoms with van der Waals surface area (Å²) in [5.74, 6) is 0.337. The molecule has 4 rings (SSSR count). The largest absolute Gasteiger partial charge is 0.280 e. The lowest BCUT2D eigenvalue weighted by Gasteiger charge is -2.29. The summed E-state index contributed by atoms with van der Waals surface area (Å²) in [7, 11) is -3.07. The Morgan fingerprint density at radius 3 is 2.41 bits per heavy atom. The Bertz CT molecular complexity index is 1250. The highest BCUT2D eigenvalue weighted by Gasteiger charge is 2.51. The molecule has 0 N–H and O–H groups in total. The topological polar surface area (TPSA) is 67.3 Å². The molecule has 1 aliphatic rings. The van der Waals surface area contributed by atoms with E-state index in [-0.39, 0.29) is 17.4 Å². The highest BCUT2D eigenvalue weighted by atomic mass is 35.5. The number of rotatable bonds is 10. The Morgan fingerprint density at radius 2 is 1.71 bits per heavy atom. The molecular formula is C27H29ClN2O3S. The number of anilines is 2. The number of amides is 1. The van der Waals surface area contributed by atoms with Crippen LogP contribution in [-0.4, -0.2) is 30.8 Å². The summed E-state index contributed by atoms with van der Waals surface area (Å²) in [6, 6.07) is 19.1. The van der Waals surface area contributed by atoms with Crippen LogP contribution in [0.2, 0.25) is 5.02 Å². The predicted molar refractivity (Wildman–Crippen MR) is 137 cm³/mol. The molecule has 34 heavy (non-hydrogen) atoms. The van der Waals surface area contributed by atoms with Crippen LogP contribution in [0.25, 0.3) is 0 Å². The molecule has 1 unspecified atom stereocenters. The van der Waals surface area contributed by atoms with E-state index in [1.165, 1.54) is 0 Å². The van der Waals surface area contributed by atoms with Crippen LogP contribution in [0, 0.1) is 0 Å². The second kappa shape index (κ2) is 10.3. The van der Waals surface area contributed by atoms with E-state index in [0.717, 1.165) is 22.5 Å². The first kappa shape index (κ1) is 24.4. The zero-order chi connectivity index (χ0) is 24.2. The number of carbonyl (C=O) groups is 1. The number of nitrogens with zero attached hydrogens (tertiary/aromatic N) is 2. The molecule has 2 heterocycles. The fraction of sp³-hybridized carbons (Fsp3) is 0.333. The van der Waals surface area contributed by atoms with Crippen molar-refractivity contribution in [3.05, 3.63) is 89.2 Å². The van der Waals surface area contributed by atoms with Gasteiger partial charge in [0.1, 0.15) is 9.84 Å². The second-order valence-electron chi connectivity index (χ2n) is 8.86. The van der Waals surface area contributed by atoms with E-state index in [1.54, 1.807) is 17.3 Å². The highest BCUT2D eigenvalue weighted by molar-refractivity contribution is 7.91. The summed E-state index contributed by atoms with van der Waals surface area (Å²) >= 11 is 6.43. The number of pyridine rings is 1. The lowest BCUT2D eigenvalue weighted by molar-refractivity contribution is -0.122. The van der Waals surface area contributed by atoms with Gasteiger partial charge in [-0.3, -0.25) is 14.7 Å². The average molecular weight is 497 g/mol. The predicted octanol–water partition coefficient (Wildman–Crippen LogP) is 5.89. The van der Waals surface area contributed by atoms with Crippen LogP contribution in [0.3, 0.4) is 0 Å². The minimum Gasteiger partial charge on any atom is -0.280 e. The monoisotopic (exact) mass is 496 g/mol. The van der Waals surface area contributed by atoms with E-state index < -0.39 is 15.3 Å². The van der Waals surface area contributed by atoms with Gasteiger partial charge in [-0.05, 0) is 79.3 Å². The first-order chi connectivity index (χ1) is 16.4. The number of aromatic nitrogens is 1. The van der Waals surface area contributed by atoms with Crippen molar-refractivity contribution in [3.8, 4) is 0 Å². The van der Waals surface area contributed by atoms with Gasteiger partial charge in [0.15, 0.2) is 0 Å². The van der Waals surface area contributed by atoms with Crippen molar-refractivity contribution in [2.45, 2.75) is 44.4 Å². The molecule has 0 saturated carbocycles. The number of halogens is 1. The smallest absolute Gasteiger partial charge is 0.242 e. The van der Waals surface area contributed by atoms with Gasteiger partial charge >= 0.3 is 0 Å². The van der Waals surface area contributed by atoms with Gasteiger partial charge < -0.3 is 0 Å². The lowest BCUT2D eigenvalue weighted by atomic mass is 9.73. The molecule has 3 aromatic rings. The van der Waals surface area contributed by atoms with Gasteiger partial charge in [-0.25, -0.2) is 8.42 Å². The van der Waals surface area contributed by atoms with Crippen LogP contribution in [0.4, 0.5) is 11.4 Å². The van der Waals surface area contributed by atoms with Crippen molar-refractivity contribution in [1.29, 1.82) is 0 Å². The Labute approximate surface area is 206 Å². The molecule has 1 aliphatic heterocycles. The van der Waals surface area contributed by atoms with Crippen molar-refractivity contribution < 1.29 is 13.2 Å². The molecule has 0 fully saturated rings. The minimum atomic E-state index is -3.07. The summed E-state index contributed by atoms with van der Waals surface area (Å²) in [4.78, 5) is 20.1. The fourth-order valence-electron chi connectivity index (χ4n) is 4.87. The minimum absolute atomic E-state index is 0.0100. The maximum absolute atomic E-state index is 14.2. The standard InChI is InChI=1S/C27H29ClN2O3S/c1-2-17-34(32,33)18-7-6-14-27(20-21-12-15-29-16-13-21)24-19-22(28)10-11-25(24)30(26(27)31)23-8-4-3-5-9-23/h3-5,8-13,15-16,19H,2,6-7,14,17-18,20H2,1H3. The number of fused-ring (bicyclic) bond motifs is 1. The van der Waals surface area contributed by atoms with Gasteiger partial charge in [-0.2, -0.15) is 0 Å². The number of unbranched alkanes of at least 4 members (excludes halogenated alkanes) is 1. The van der Waals surface area contributed by atoms with E-state index in [0.29, 0.717) is 37.1 Å². The van der Waals surface area contributed by atoms with Crippen LogP contribution in [0.1, 0.15) is 43.7 Å². The number of hydrogen-bond acceptors (Lipinski definition) is 4. The number of carbonyl (C=O) groups excluding carboxylic acids is 1. The lowest BCUT2D eigenvalue weighted by Crippen LogP contribution is -2.40. The van der Waals surface area contributed by atoms with Gasteiger partial charge in [-0.15, -0.1) is 0 Å². The third-order valence-electron chi connectivity index (χ3n) is 6.42. The van der Waals surface area contributed by atoms with Crippen molar-refractivity contribution in [2.24, 2.45) is 0 Å². The summed E-state index contributed by atoms with van der Waals surface area (Å²) in [6.07, 6.45) is 6.24. The summed E-state index contributed by atoms with van der Waals surface area (Å²) < 4.78 is 24.5. The molecule has 0 radical (unpaired) electrons. The Balaban J connectivity index is 1.74. The van der Waals surface area contributed by atoms with E-state index in [2.05, 4.69) is 4.98 Å². The van der Waals surface area contributed by atoms with Gasteiger partial charge in [0.2, 0.25) is 5.91 Å². The average Bonchev–Trinajstić information content (AvgIpc) is 3.05. The normalized spacial score (nSPS) is 17.7. The molecule has 1 atom stereocenters. The molecule has 1 amide bonds. The van der Waals surface area contributed by atoms with Crippen LogP contribution in [0.15, 0.2) is 73.1 Å². The molecule has 7 heteroatoms. The SMILES string of the molecule is CCCS(=O)(=O)CCCCC1(Cc2ccncc2)C(=O)N(c2ccccc2)c2ccc(Cl)cc21. The van der Waals surface area contributed by atoms with Crippen molar-refractivity contribution in [2.75, 3.05) is 16.4 Å². The van der Waals surface area contributed by atoms with E-state index >= 15 is 0 Å². The number of para-hydroxylation sites is 1. The second-order valence-corrected chi connectivity index (χ2v) is 11.6. The Hall–Kier alpha value is -2.70. The zero-order valence-electron chi connectivity index (χ0n) is 19.3. The maximum atomic E-state index is 14.2. The van der Waals surface area contributed by atoms with Crippen LogP contribution >= 0.6 is 11.6 Å². The third-order valence-corrected chi connectivity index (χ3v) is 8.60. The number of sulfone groups is 1. The molecule has 2 aromatic carbocycles. The summed E-state index contributed by atoms with van der Waals surface area (Å²) in [6.45, 7) is 1.87. The van der Waals surface area contributed by atoms with Crippen LogP contribution in [-0.2, 0) is 26.5 Å². The third kappa shape index (κ3) is 5.03. The fourth-order valence-corrected chi connectivity index (χ4v) is 6.51. The molecule has 0 bridgehead atoms. The van der Waals surface area contributed by atoms with Crippen LogP contribution in [0.5, 0.6) is 0 Å². The zero-order valence-corrected chi connectivity index (χ0v) is 20.9. The van der Waals surface area contributed by atoms with Gasteiger partial charge in [0.25, 0.3) is 0 Å². The maximum Gasteiger partial charge on any atom is 0.242 e. The van der Waals surface area contributed by atoms with Gasteiger partial charge in [0.05, 0.1) is 16.9 Å². The quantitative estimate of drug-likeness (QED) is 0.328. The van der Waals surface area contributed by atoms with E-state index in [4.69, 9.17) is 11.6 Å². The van der Waals surface area contributed by atoms with Crippen molar-refractivity contribution in [3.63, 3.8) is 0 Å². The molecule has 0 saturated heterocycles. The first-order valence-electron chi connectivity index (χ1n) is 11.7. The Morgan fingerprint density at radius 1 is 0.971 bits per heavy atom. The molecule has 0 aliphatic carbocycles. The van der Waals surface area contributed by atoms with Gasteiger partial charge in [0, 0.05) is 28.9 Å². The molecule has 5 nitrogen and oxygen atoms in total. The van der Waals surface area contributed by atoms with Gasteiger partial charge in [-0.1, -0.05) is 43.1 Å². The molecular weight excluding hydrogens is 468 g/mol. The van der Waals surface area contributed by atoms with Crippen LogP contribution < -0.4 is 4.90 Å². The summed E-state index contributed by atoms with van der Waals surface area (Å²) in [5.41, 5.74) is 2.68. The van der Waals surface area contributed by atoms with E-state index in [1.807, 2.05) is 67.6 Å². The number of benzene rings is 2. The molecule has 178 valence electrons. The molecule has 1 aromatic heterocycles. The van der Waals surface area contributed by atoms with E-state index in [9.17, 15) is 13.2 Å².